The van der Waals surface area contributed by atoms with E-state index in [-0.39, 0.29) is 18.5 Å². The molecule has 3 aromatic heterocycles. The van der Waals surface area contributed by atoms with Crippen LogP contribution in [-0.4, -0.2) is 63.3 Å². The largest absolute Gasteiger partial charge is 0.473 e. The van der Waals surface area contributed by atoms with Crippen LogP contribution in [0.25, 0.3) is 11.2 Å². The van der Waals surface area contributed by atoms with Crippen molar-refractivity contribution in [2.75, 3.05) is 37.7 Å². The van der Waals surface area contributed by atoms with Crippen LogP contribution in [0.3, 0.4) is 0 Å². The quantitative estimate of drug-likeness (QED) is 0.341. The minimum atomic E-state index is -0.385. The first-order valence-electron chi connectivity index (χ1n) is 12.6. The highest BCUT2D eigenvalue weighted by molar-refractivity contribution is 6.30. The second-order valence-corrected chi connectivity index (χ2v) is 9.82. The smallest absolute Gasteiger partial charge is 0.215 e. The molecule has 2 fully saturated rings. The summed E-state index contributed by atoms with van der Waals surface area (Å²) in [5.41, 5.74) is 2.29. The standard InChI is InChI=1S/C27H28ClFN6O2/c28-20-7-6-19(22(29)15-20)18-37-26-5-1-4-24(32-26)34-12-10-33(11-13-34)17-25-31-23-3-2-9-30-27(23)35(25)16-21-8-14-36-21/h1-7,9,15,21H,8,10-14,16-18H2/t21-/m0/s1. The van der Waals surface area contributed by atoms with E-state index < -0.39 is 0 Å². The van der Waals surface area contributed by atoms with Gasteiger partial charge in [-0.25, -0.2) is 14.4 Å². The molecule has 0 bridgehead atoms. The zero-order valence-corrected chi connectivity index (χ0v) is 21.1. The summed E-state index contributed by atoms with van der Waals surface area (Å²) in [5.74, 6) is 1.96. The Morgan fingerprint density at radius 3 is 2.70 bits per heavy atom. The fourth-order valence-electron chi connectivity index (χ4n) is 4.74. The number of nitrogens with zero attached hydrogens (tertiary/aromatic N) is 6. The maximum absolute atomic E-state index is 14.1. The number of benzene rings is 1. The summed E-state index contributed by atoms with van der Waals surface area (Å²) in [6.45, 7) is 5.94. The number of imidazole rings is 1. The molecule has 2 saturated heterocycles. The Kier molecular flexibility index (Phi) is 6.91. The van der Waals surface area contributed by atoms with Gasteiger partial charge in [-0.1, -0.05) is 23.7 Å². The molecule has 8 nitrogen and oxygen atoms in total. The Balaban J connectivity index is 1.08. The SMILES string of the molecule is Fc1cc(Cl)ccc1COc1cccc(N2CCN(Cc3nc4cccnc4n3C[C@@H]3CCO3)CC2)n1. The Labute approximate surface area is 219 Å². The van der Waals surface area contributed by atoms with Crippen molar-refractivity contribution in [3.8, 4) is 5.88 Å². The molecule has 192 valence electrons. The molecular formula is C27H28ClFN6O2. The van der Waals surface area contributed by atoms with Crippen LogP contribution in [0.2, 0.25) is 5.02 Å². The van der Waals surface area contributed by atoms with Crippen molar-refractivity contribution in [3.05, 3.63) is 77.0 Å². The molecule has 5 heterocycles. The molecule has 0 spiro atoms. The number of rotatable bonds is 8. The van der Waals surface area contributed by atoms with E-state index in [4.69, 9.17) is 26.1 Å². The molecule has 0 aliphatic carbocycles. The van der Waals surface area contributed by atoms with Crippen LogP contribution in [0, 0.1) is 5.82 Å². The minimum absolute atomic E-state index is 0.0923. The number of pyridine rings is 2. The van der Waals surface area contributed by atoms with Crippen LogP contribution in [0.1, 0.15) is 17.8 Å². The molecule has 2 aliphatic rings. The van der Waals surface area contributed by atoms with E-state index in [1.807, 2.05) is 30.5 Å². The number of hydrogen-bond acceptors (Lipinski definition) is 7. The summed E-state index contributed by atoms with van der Waals surface area (Å²) in [5, 5.41) is 0.363. The molecule has 37 heavy (non-hydrogen) atoms. The molecule has 10 heteroatoms. The van der Waals surface area contributed by atoms with E-state index in [9.17, 15) is 4.39 Å². The van der Waals surface area contributed by atoms with E-state index in [1.54, 1.807) is 18.2 Å². The fourth-order valence-corrected chi connectivity index (χ4v) is 4.89. The van der Waals surface area contributed by atoms with E-state index in [0.717, 1.165) is 75.1 Å². The summed E-state index contributed by atoms with van der Waals surface area (Å²) < 4.78 is 27.8. The van der Waals surface area contributed by atoms with Gasteiger partial charge in [0.2, 0.25) is 5.88 Å². The second kappa shape index (κ2) is 10.6. The highest BCUT2D eigenvalue weighted by Crippen LogP contribution is 2.23. The maximum Gasteiger partial charge on any atom is 0.215 e. The molecular weight excluding hydrogens is 495 g/mol. The number of hydrogen-bond donors (Lipinski definition) is 0. The lowest BCUT2D eigenvalue weighted by Crippen LogP contribution is -2.46. The Morgan fingerprint density at radius 2 is 1.92 bits per heavy atom. The normalized spacial score (nSPS) is 18.2. The lowest BCUT2D eigenvalue weighted by molar-refractivity contribution is -0.0592. The topological polar surface area (TPSA) is 68.5 Å². The van der Waals surface area contributed by atoms with Gasteiger partial charge in [-0.05, 0) is 36.8 Å². The summed E-state index contributed by atoms with van der Waals surface area (Å²) >= 11 is 5.84. The van der Waals surface area contributed by atoms with Crippen molar-refractivity contribution in [2.45, 2.75) is 32.2 Å². The van der Waals surface area contributed by atoms with E-state index in [0.29, 0.717) is 16.5 Å². The van der Waals surface area contributed by atoms with Crippen LogP contribution in [-0.2, 0) is 24.4 Å². The lowest BCUT2D eigenvalue weighted by atomic mass is 10.2. The third-order valence-corrected chi connectivity index (χ3v) is 7.16. The van der Waals surface area contributed by atoms with E-state index in [1.165, 1.54) is 6.07 Å². The van der Waals surface area contributed by atoms with Gasteiger partial charge < -0.3 is 18.9 Å². The number of anilines is 1. The monoisotopic (exact) mass is 522 g/mol. The third kappa shape index (κ3) is 5.39. The van der Waals surface area contributed by atoms with Crippen LogP contribution in [0.15, 0.2) is 54.7 Å². The first-order chi connectivity index (χ1) is 18.1. The molecule has 4 aromatic rings. The second-order valence-electron chi connectivity index (χ2n) is 9.39. The van der Waals surface area contributed by atoms with Gasteiger partial charge in [0.25, 0.3) is 0 Å². The van der Waals surface area contributed by atoms with Crippen molar-refractivity contribution in [1.82, 2.24) is 24.4 Å². The zero-order valence-electron chi connectivity index (χ0n) is 20.4. The van der Waals surface area contributed by atoms with E-state index >= 15 is 0 Å². The Morgan fingerprint density at radius 1 is 1.05 bits per heavy atom. The average Bonchev–Trinajstić information content (AvgIpc) is 3.23. The van der Waals surface area contributed by atoms with Gasteiger partial charge >= 0.3 is 0 Å². The van der Waals surface area contributed by atoms with Gasteiger partial charge in [-0.3, -0.25) is 4.90 Å². The number of fused-ring (bicyclic) bond motifs is 1. The highest BCUT2D eigenvalue weighted by atomic mass is 35.5. The predicted octanol–water partition coefficient (Wildman–Crippen LogP) is 4.31. The molecule has 0 radical (unpaired) electrons. The predicted molar refractivity (Wildman–Crippen MR) is 139 cm³/mol. The molecule has 2 aliphatic heterocycles. The van der Waals surface area contributed by atoms with Crippen LogP contribution in [0.5, 0.6) is 5.88 Å². The molecule has 0 amide bonds. The Hall–Kier alpha value is -3.27. The average molecular weight is 523 g/mol. The zero-order chi connectivity index (χ0) is 25.2. The number of piperazine rings is 1. The lowest BCUT2D eigenvalue weighted by Gasteiger charge is -2.35. The van der Waals surface area contributed by atoms with Crippen LogP contribution in [0.4, 0.5) is 10.2 Å². The summed E-state index contributed by atoms with van der Waals surface area (Å²) in [6, 6.07) is 14.2. The summed E-state index contributed by atoms with van der Waals surface area (Å²) in [6.07, 6.45) is 3.14. The van der Waals surface area contributed by atoms with Crippen molar-refractivity contribution in [3.63, 3.8) is 0 Å². The van der Waals surface area contributed by atoms with Crippen LogP contribution >= 0.6 is 11.6 Å². The molecule has 6 rings (SSSR count). The highest BCUT2D eigenvalue weighted by Gasteiger charge is 2.25. The molecule has 0 saturated carbocycles. The van der Waals surface area contributed by atoms with Crippen molar-refractivity contribution in [1.29, 1.82) is 0 Å². The minimum Gasteiger partial charge on any atom is -0.473 e. The van der Waals surface area contributed by atoms with Gasteiger partial charge in [0.15, 0.2) is 5.65 Å². The molecule has 0 unspecified atom stereocenters. The molecule has 1 aromatic carbocycles. The number of halogens is 2. The fraction of sp³-hybridized carbons (Fsp3) is 0.370. The van der Waals surface area contributed by atoms with Crippen molar-refractivity contribution >= 4 is 28.6 Å². The third-order valence-electron chi connectivity index (χ3n) is 6.92. The summed E-state index contributed by atoms with van der Waals surface area (Å²) in [7, 11) is 0. The number of aromatic nitrogens is 4. The first kappa shape index (κ1) is 24.1. The molecule has 0 N–H and O–H groups in total. The first-order valence-corrected chi connectivity index (χ1v) is 12.9. The van der Waals surface area contributed by atoms with Crippen molar-refractivity contribution < 1.29 is 13.9 Å². The Bertz CT molecular complexity index is 1390. The van der Waals surface area contributed by atoms with Gasteiger partial charge in [-0.15, -0.1) is 0 Å². The van der Waals surface area contributed by atoms with Crippen molar-refractivity contribution in [2.24, 2.45) is 0 Å². The summed E-state index contributed by atoms with van der Waals surface area (Å²) in [4.78, 5) is 18.8. The maximum atomic E-state index is 14.1. The van der Waals surface area contributed by atoms with Gasteiger partial charge in [-0.2, -0.15) is 4.98 Å². The van der Waals surface area contributed by atoms with E-state index in [2.05, 4.69) is 24.3 Å². The van der Waals surface area contributed by atoms with Crippen LogP contribution < -0.4 is 9.64 Å². The number of ether oxygens (including phenoxy) is 2. The van der Waals surface area contributed by atoms with Gasteiger partial charge in [0.1, 0.15) is 29.6 Å². The molecule has 1 atom stereocenters. The van der Waals surface area contributed by atoms with Gasteiger partial charge in [0, 0.05) is 55.6 Å². The van der Waals surface area contributed by atoms with Gasteiger partial charge in [0.05, 0.1) is 19.2 Å².